The van der Waals surface area contributed by atoms with Crippen LogP contribution in [0.15, 0.2) is 12.1 Å². The van der Waals surface area contributed by atoms with Crippen LogP contribution in [0, 0.1) is 0 Å². The van der Waals surface area contributed by atoms with E-state index in [0.717, 1.165) is 37.0 Å². The Balaban J connectivity index is 2.14. The lowest BCUT2D eigenvalue weighted by Gasteiger charge is -2.11. The molecular formula is C13H19NO3. The summed E-state index contributed by atoms with van der Waals surface area (Å²) in [4.78, 5) is 0. The number of rotatable bonds is 4. The lowest BCUT2D eigenvalue weighted by atomic mass is 10.1. The molecule has 1 aromatic rings. The van der Waals surface area contributed by atoms with Crippen LogP contribution in [0.5, 0.6) is 17.2 Å². The molecule has 2 rings (SSSR count). The van der Waals surface area contributed by atoms with Crippen molar-refractivity contribution in [3.63, 3.8) is 0 Å². The molecule has 1 aliphatic heterocycles. The minimum Gasteiger partial charge on any atom is -0.508 e. The summed E-state index contributed by atoms with van der Waals surface area (Å²) in [5.74, 6) is 1.66. The fourth-order valence-electron chi connectivity index (χ4n) is 1.90. The molecule has 94 valence electrons. The van der Waals surface area contributed by atoms with Gasteiger partial charge in [-0.3, -0.25) is 0 Å². The van der Waals surface area contributed by atoms with Crippen molar-refractivity contribution >= 4 is 0 Å². The SMILES string of the molecule is NCCCCc1cc2c(cc1O)OCCCO2. The van der Waals surface area contributed by atoms with Crippen molar-refractivity contribution in [2.45, 2.75) is 25.7 Å². The van der Waals surface area contributed by atoms with E-state index in [1.807, 2.05) is 6.07 Å². The maximum absolute atomic E-state index is 9.89. The van der Waals surface area contributed by atoms with Gasteiger partial charge in [-0.1, -0.05) is 0 Å². The Morgan fingerprint density at radius 2 is 1.82 bits per heavy atom. The molecule has 0 spiro atoms. The highest BCUT2D eigenvalue weighted by molar-refractivity contribution is 5.50. The monoisotopic (exact) mass is 237 g/mol. The largest absolute Gasteiger partial charge is 0.508 e. The standard InChI is InChI=1S/C13H19NO3/c14-5-2-1-4-10-8-12-13(9-11(10)15)17-7-3-6-16-12/h8-9,15H,1-7,14H2. The van der Waals surface area contributed by atoms with Crippen LogP contribution in [0.25, 0.3) is 0 Å². The summed E-state index contributed by atoms with van der Waals surface area (Å²) >= 11 is 0. The van der Waals surface area contributed by atoms with Gasteiger partial charge < -0.3 is 20.3 Å². The minimum absolute atomic E-state index is 0.284. The van der Waals surface area contributed by atoms with Crippen molar-refractivity contribution in [2.24, 2.45) is 5.73 Å². The van der Waals surface area contributed by atoms with E-state index in [4.69, 9.17) is 15.2 Å². The van der Waals surface area contributed by atoms with Gasteiger partial charge in [0.1, 0.15) is 5.75 Å². The molecule has 0 aromatic heterocycles. The smallest absolute Gasteiger partial charge is 0.164 e. The zero-order chi connectivity index (χ0) is 12.1. The van der Waals surface area contributed by atoms with Gasteiger partial charge in [-0.2, -0.15) is 0 Å². The van der Waals surface area contributed by atoms with Crippen LogP contribution >= 0.6 is 0 Å². The van der Waals surface area contributed by atoms with E-state index >= 15 is 0 Å². The van der Waals surface area contributed by atoms with Crippen molar-refractivity contribution < 1.29 is 14.6 Å². The number of ether oxygens (including phenoxy) is 2. The Labute approximate surface area is 101 Å². The molecule has 1 heterocycles. The van der Waals surface area contributed by atoms with Gasteiger partial charge in [0.25, 0.3) is 0 Å². The van der Waals surface area contributed by atoms with E-state index in [1.54, 1.807) is 6.07 Å². The molecule has 0 fully saturated rings. The number of hydrogen-bond acceptors (Lipinski definition) is 4. The first-order chi connectivity index (χ1) is 8.31. The Kier molecular flexibility index (Phi) is 4.09. The van der Waals surface area contributed by atoms with Gasteiger partial charge in [-0.15, -0.1) is 0 Å². The van der Waals surface area contributed by atoms with E-state index in [1.165, 1.54) is 0 Å². The predicted octanol–water partition coefficient (Wildman–Crippen LogP) is 1.83. The number of aryl methyl sites for hydroxylation is 1. The first-order valence-corrected chi connectivity index (χ1v) is 6.13. The molecule has 4 nitrogen and oxygen atoms in total. The zero-order valence-electron chi connectivity index (χ0n) is 9.95. The molecule has 0 saturated heterocycles. The van der Waals surface area contributed by atoms with Crippen molar-refractivity contribution in [3.8, 4) is 17.2 Å². The molecule has 17 heavy (non-hydrogen) atoms. The maximum Gasteiger partial charge on any atom is 0.164 e. The molecule has 0 saturated carbocycles. The number of benzene rings is 1. The molecule has 0 atom stereocenters. The molecule has 0 amide bonds. The minimum atomic E-state index is 0.284. The molecule has 0 radical (unpaired) electrons. The lowest BCUT2D eigenvalue weighted by molar-refractivity contribution is 0.296. The van der Waals surface area contributed by atoms with E-state index in [-0.39, 0.29) is 5.75 Å². The highest BCUT2D eigenvalue weighted by Crippen LogP contribution is 2.36. The molecule has 0 aliphatic carbocycles. The van der Waals surface area contributed by atoms with Crippen LogP contribution in [-0.4, -0.2) is 24.9 Å². The first kappa shape index (κ1) is 12.0. The number of phenols is 1. The van der Waals surface area contributed by atoms with Crippen LogP contribution in [0.4, 0.5) is 0 Å². The first-order valence-electron chi connectivity index (χ1n) is 6.13. The Hall–Kier alpha value is -1.42. The van der Waals surface area contributed by atoms with Crippen LogP contribution in [0.2, 0.25) is 0 Å². The van der Waals surface area contributed by atoms with Crippen LogP contribution in [-0.2, 0) is 6.42 Å². The van der Waals surface area contributed by atoms with E-state index in [9.17, 15) is 5.11 Å². The van der Waals surface area contributed by atoms with E-state index in [0.29, 0.717) is 25.5 Å². The number of unbranched alkanes of at least 4 members (excludes halogenated alkanes) is 1. The van der Waals surface area contributed by atoms with Crippen molar-refractivity contribution in [3.05, 3.63) is 17.7 Å². The Morgan fingerprint density at radius 1 is 1.12 bits per heavy atom. The third-order valence-corrected chi connectivity index (χ3v) is 2.85. The number of nitrogens with two attached hydrogens (primary N) is 1. The van der Waals surface area contributed by atoms with Crippen LogP contribution in [0.3, 0.4) is 0 Å². The Bertz CT molecular complexity index is 379. The molecule has 1 aliphatic rings. The topological polar surface area (TPSA) is 64.7 Å². The van der Waals surface area contributed by atoms with E-state index < -0.39 is 0 Å². The van der Waals surface area contributed by atoms with E-state index in [2.05, 4.69) is 0 Å². The summed E-state index contributed by atoms with van der Waals surface area (Å²) in [5, 5.41) is 9.89. The van der Waals surface area contributed by atoms with Gasteiger partial charge in [-0.05, 0) is 37.4 Å². The normalized spacial score (nSPS) is 14.4. The summed E-state index contributed by atoms with van der Waals surface area (Å²) in [6.45, 7) is 1.99. The highest BCUT2D eigenvalue weighted by atomic mass is 16.5. The third kappa shape index (κ3) is 3.03. The number of aromatic hydroxyl groups is 1. The molecule has 1 aromatic carbocycles. The van der Waals surface area contributed by atoms with Crippen LogP contribution < -0.4 is 15.2 Å². The maximum atomic E-state index is 9.89. The van der Waals surface area contributed by atoms with Crippen molar-refractivity contribution in [1.29, 1.82) is 0 Å². The summed E-state index contributed by atoms with van der Waals surface area (Å²) in [6, 6.07) is 3.53. The average molecular weight is 237 g/mol. The second kappa shape index (κ2) is 5.77. The lowest BCUT2D eigenvalue weighted by Crippen LogP contribution is -1.99. The number of phenolic OH excluding ortho intramolecular Hbond substituents is 1. The van der Waals surface area contributed by atoms with Gasteiger partial charge in [0.15, 0.2) is 11.5 Å². The summed E-state index contributed by atoms with van der Waals surface area (Å²) in [5.41, 5.74) is 6.36. The third-order valence-electron chi connectivity index (χ3n) is 2.85. The number of hydrogen-bond donors (Lipinski definition) is 2. The summed E-state index contributed by atoms with van der Waals surface area (Å²) in [6.07, 6.45) is 3.63. The fraction of sp³-hybridized carbons (Fsp3) is 0.538. The summed E-state index contributed by atoms with van der Waals surface area (Å²) in [7, 11) is 0. The fourth-order valence-corrected chi connectivity index (χ4v) is 1.90. The van der Waals surface area contributed by atoms with Gasteiger partial charge >= 0.3 is 0 Å². The van der Waals surface area contributed by atoms with Gasteiger partial charge in [0, 0.05) is 12.5 Å². The number of fused-ring (bicyclic) bond motifs is 1. The molecule has 0 bridgehead atoms. The quantitative estimate of drug-likeness (QED) is 0.784. The Morgan fingerprint density at radius 3 is 2.53 bits per heavy atom. The van der Waals surface area contributed by atoms with Gasteiger partial charge in [0.2, 0.25) is 0 Å². The second-order valence-corrected chi connectivity index (χ2v) is 4.22. The zero-order valence-corrected chi connectivity index (χ0v) is 9.95. The predicted molar refractivity (Wildman–Crippen MR) is 65.7 cm³/mol. The van der Waals surface area contributed by atoms with Crippen LogP contribution in [0.1, 0.15) is 24.8 Å². The highest BCUT2D eigenvalue weighted by Gasteiger charge is 2.14. The molecule has 3 N–H and O–H groups in total. The molecule has 0 unspecified atom stereocenters. The summed E-state index contributed by atoms with van der Waals surface area (Å²) < 4.78 is 11.1. The van der Waals surface area contributed by atoms with Crippen molar-refractivity contribution in [2.75, 3.05) is 19.8 Å². The van der Waals surface area contributed by atoms with Gasteiger partial charge in [-0.25, -0.2) is 0 Å². The average Bonchev–Trinajstić information content (AvgIpc) is 2.54. The molecule has 4 heteroatoms. The van der Waals surface area contributed by atoms with Crippen molar-refractivity contribution in [1.82, 2.24) is 0 Å². The molecular weight excluding hydrogens is 218 g/mol. The second-order valence-electron chi connectivity index (χ2n) is 4.22. The van der Waals surface area contributed by atoms with Gasteiger partial charge in [0.05, 0.1) is 13.2 Å².